The number of hydrogen-bond acceptors (Lipinski definition) is 6. The van der Waals surface area contributed by atoms with E-state index in [0.717, 1.165) is 31.9 Å². The average molecular weight is 279 g/mol. The van der Waals surface area contributed by atoms with E-state index in [1.807, 2.05) is 17.0 Å². The first-order chi connectivity index (χ1) is 9.56. The molecule has 20 heavy (non-hydrogen) atoms. The van der Waals surface area contributed by atoms with Gasteiger partial charge in [0.1, 0.15) is 11.4 Å². The molecule has 1 aromatic carbocycles. The molecule has 6 nitrogen and oxygen atoms in total. The third kappa shape index (κ3) is 3.33. The van der Waals surface area contributed by atoms with E-state index in [-0.39, 0.29) is 0 Å². The molecular weight excluding hydrogens is 258 g/mol. The molecule has 0 aliphatic carbocycles. The maximum Gasteiger partial charge on any atom is 0.139 e. The normalized spacial score (nSPS) is 19.6. The van der Waals surface area contributed by atoms with Gasteiger partial charge in [-0.15, -0.1) is 4.91 Å². The Morgan fingerprint density at radius 2 is 1.85 bits per heavy atom. The van der Waals surface area contributed by atoms with E-state index >= 15 is 0 Å². The monoisotopic (exact) mass is 279 g/mol. The Labute approximate surface area is 118 Å². The number of methoxy groups -OCH3 is 1. The topological polar surface area (TPSA) is 65.4 Å². The van der Waals surface area contributed by atoms with Crippen molar-refractivity contribution in [3.8, 4) is 0 Å². The molecule has 1 unspecified atom stereocenters. The summed E-state index contributed by atoms with van der Waals surface area (Å²) in [5.41, 5.74) is 0.588. The van der Waals surface area contributed by atoms with Crippen molar-refractivity contribution in [2.75, 3.05) is 44.8 Å². The second-order valence-corrected chi connectivity index (χ2v) is 5.23. The van der Waals surface area contributed by atoms with Crippen LogP contribution in [0.4, 0.5) is 11.4 Å². The van der Waals surface area contributed by atoms with Crippen molar-refractivity contribution in [1.29, 1.82) is 0 Å². The minimum Gasteiger partial charge on any atom is -0.380 e. The van der Waals surface area contributed by atoms with E-state index < -0.39 is 5.72 Å². The van der Waals surface area contributed by atoms with Gasteiger partial charge >= 0.3 is 0 Å². The smallest absolute Gasteiger partial charge is 0.139 e. The van der Waals surface area contributed by atoms with E-state index in [1.165, 1.54) is 0 Å². The van der Waals surface area contributed by atoms with Crippen molar-refractivity contribution >= 4 is 11.4 Å². The second-order valence-electron chi connectivity index (χ2n) is 5.23. The van der Waals surface area contributed by atoms with Crippen molar-refractivity contribution in [2.45, 2.75) is 12.6 Å². The summed E-state index contributed by atoms with van der Waals surface area (Å²) < 4.78 is 5.05. The van der Waals surface area contributed by atoms with E-state index in [1.54, 1.807) is 26.2 Å². The minimum atomic E-state index is -0.924. The number of benzene rings is 1. The number of ether oxygens (including phenoxy) is 1. The lowest BCUT2D eigenvalue weighted by molar-refractivity contribution is -0.134. The van der Waals surface area contributed by atoms with Crippen LogP contribution in [0, 0.1) is 4.91 Å². The first-order valence-corrected chi connectivity index (χ1v) is 6.71. The van der Waals surface area contributed by atoms with Crippen molar-refractivity contribution < 1.29 is 9.84 Å². The van der Waals surface area contributed by atoms with Gasteiger partial charge in [0, 0.05) is 39.0 Å². The fraction of sp³-hybridized carbons (Fsp3) is 0.571. The summed E-state index contributed by atoms with van der Waals surface area (Å²) in [5.74, 6) is 0. The number of hydrogen-bond donors (Lipinski definition) is 1. The summed E-state index contributed by atoms with van der Waals surface area (Å²) in [7, 11) is 1.59. The van der Waals surface area contributed by atoms with Crippen LogP contribution in [0.3, 0.4) is 0 Å². The van der Waals surface area contributed by atoms with Gasteiger partial charge < -0.3 is 14.7 Å². The van der Waals surface area contributed by atoms with Gasteiger partial charge in [-0.25, -0.2) is 0 Å². The van der Waals surface area contributed by atoms with Crippen LogP contribution >= 0.6 is 0 Å². The highest BCUT2D eigenvalue weighted by molar-refractivity contribution is 5.53. The SMILES string of the molecule is COCC(C)(O)N1CCN(c2ccc(N=O)cc2)CC1. The second kappa shape index (κ2) is 6.30. The van der Waals surface area contributed by atoms with Crippen molar-refractivity contribution in [2.24, 2.45) is 5.18 Å². The first-order valence-electron chi connectivity index (χ1n) is 6.71. The highest BCUT2D eigenvalue weighted by Gasteiger charge is 2.31. The Balaban J connectivity index is 1.95. The molecule has 1 aliphatic heterocycles. The van der Waals surface area contributed by atoms with Gasteiger partial charge in [0.25, 0.3) is 0 Å². The highest BCUT2D eigenvalue weighted by Crippen LogP contribution is 2.22. The van der Waals surface area contributed by atoms with Crippen LogP contribution < -0.4 is 4.90 Å². The lowest BCUT2D eigenvalue weighted by Gasteiger charge is -2.43. The van der Waals surface area contributed by atoms with Crippen molar-refractivity contribution in [3.63, 3.8) is 0 Å². The fourth-order valence-electron chi connectivity index (χ4n) is 2.54. The summed E-state index contributed by atoms with van der Waals surface area (Å²) in [5, 5.41) is 13.2. The molecular formula is C14H21N3O3. The van der Waals surface area contributed by atoms with Gasteiger partial charge in [0.2, 0.25) is 0 Å². The number of nitroso groups, excluding NO2 is 1. The molecule has 1 fully saturated rings. The minimum absolute atomic E-state index is 0.298. The Morgan fingerprint density at radius 1 is 1.25 bits per heavy atom. The molecule has 1 N–H and O–H groups in total. The zero-order valence-corrected chi connectivity index (χ0v) is 12.0. The summed E-state index contributed by atoms with van der Waals surface area (Å²) in [6, 6.07) is 7.24. The molecule has 6 heteroatoms. The molecule has 0 bridgehead atoms. The maximum atomic E-state index is 10.4. The molecule has 0 amide bonds. The predicted molar refractivity (Wildman–Crippen MR) is 78.2 cm³/mol. The van der Waals surface area contributed by atoms with Crippen molar-refractivity contribution in [3.05, 3.63) is 29.2 Å². The molecule has 0 aromatic heterocycles. The van der Waals surface area contributed by atoms with Crippen LogP contribution in [0.25, 0.3) is 0 Å². The van der Waals surface area contributed by atoms with Gasteiger partial charge in [-0.1, -0.05) is 0 Å². The molecule has 0 saturated carbocycles. The quantitative estimate of drug-likeness (QED) is 0.829. The van der Waals surface area contributed by atoms with Crippen LogP contribution in [-0.2, 0) is 4.74 Å². The zero-order valence-electron chi connectivity index (χ0n) is 12.0. The van der Waals surface area contributed by atoms with Gasteiger partial charge in [-0.2, -0.15) is 0 Å². The Kier molecular flexibility index (Phi) is 4.69. The van der Waals surface area contributed by atoms with Crippen LogP contribution in [0.2, 0.25) is 0 Å². The van der Waals surface area contributed by atoms with Crippen LogP contribution in [0.15, 0.2) is 29.4 Å². The Hall–Kier alpha value is -1.50. The predicted octanol–water partition coefficient (Wildman–Crippen LogP) is 1.56. The molecule has 2 rings (SSSR count). The van der Waals surface area contributed by atoms with E-state index in [0.29, 0.717) is 12.3 Å². The van der Waals surface area contributed by atoms with Crippen LogP contribution in [-0.4, -0.2) is 55.6 Å². The van der Waals surface area contributed by atoms with E-state index in [2.05, 4.69) is 10.1 Å². The fourth-order valence-corrected chi connectivity index (χ4v) is 2.54. The van der Waals surface area contributed by atoms with Crippen molar-refractivity contribution in [1.82, 2.24) is 4.90 Å². The largest absolute Gasteiger partial charge is 0.380 e. The Bertz CT molecular complexity index is 439. The standard InChI is InChI=1S/C14H21N3O3/c1-14(18,11-20-2)17-9-7-16(8-10-17)13-5-3-12(15-19)4-6-13/h3-6,18H,7-11H2,1-2H3. The third-order valence-electron chi connectivity index (χ3n) is 3.70. The lowest BCUT2D eigenvalue weighted by atomic mass is 10.1. The van der Waals surface area contributed by atoms with Crippen LogP contribution in [0.5, 0.6) is 0 Å². The molecule has 1 heterocycles. The zero-order chi connectivity index (χ0) is 14.6. The van der Waals surface area contributed by atoms with E-state index in [9.17, 15) is 10.0 Å². The lowest BCUT2D eigenvalue weighted by Crippen LogP contribution is -2.57. The van der Waals surface area contributed by atoms with Gasteiger partial charge in [-0.05, 0) is 36.4 Å². The molecule has 1 aliphatic rings. The Morgan fingerprint density at radius 3 is 2.35 bits per heavy atom. The number of aliphatic hydroxyl groups is 1. The molecule has 1 saturated heterocycles. The maximum absolute atomic E-state index is 10.4. The number of piperazine rings is 1. The summed E-state index contributed by atoms with van der Waals surface area (Å²) in [6.45, 7) is 5.26. The summed E-state index contributed by atoms with van der Waals surface area (Å²) in [6.07, 6.45) is 0. The van der Waals surface area contributed by atoms with Gasteiger partial charge in [-0.3, -0.25) is 4.90 Å². The molecule has 1 aromatic rings. The third-order valence-corrected chi connectivity index (χ3v) is 3.70. The van der Waals surface area contributed by atoms with Gasteiger partial charge in [0.15, 0.2) is 0 Å². The first kappa shape index (κ1) is 14.9. The number of rotatable bonds is 5. The average Bonchev–Trinajstić information content (AvgIpc) is 2.47. The highest BCUT2D eigenvalue weighted by atomic mass is 16.5. The molecule has 1 atom stereocenters. The molecule has 0 spiro atoms. The van der Waals surface area contributed by atoms with Gasteiger partial charge in [0.05, 0.1) is 6.61 Å². The van der Waals surface area contributed by atoms with E-state index in [4.69, 9.17) is 4.74 Å². The summed E-state index contributed by atoms with van der Waals surface area (Å²) >= 11 is 0. The summed E-state index contributed by atoms with van der Waals surface area (Å²) in [4.78, 5) is 14.7. The number of nitrogens with zero attached hydrogens (tertiary/aromatic N) is 3. The van der Waals surface area contributed by atoms with Crippen LogP contribution in [0.1, 0.15) is 6.92 Å². The molecule has 110 valence electrons. The number of anilines is 1. The molecule has 0 radical (unpaired) electrons.